The zero-order valence-corrected chi connectivity index (χ0v) is 10.9. The average Bonchev–Trinajstić information content (AvgIpc) is 2.99. The Hall–Kier alpha value is -2.19. The fourth-order valence-corrected chi connectivity index (χ4v) is 2.50. The van der Waals surface area contributed by atoms with Crippen LogP contribution in [-0.4, -0.2) is 18.1 Å². The van der Waals surface area contributed by atoms with Crippen LogP contribution in [0, 0.1) is 17.1 Å². The van der Waals surface area contributed by atoms with Gasteiger partial charge in [-0.05, 0) is 50.2 Å². The smallest absolute Gasteiger partial charge is 0.226 e. The van der Waals surface area contributed by atoms with Crippen LogP contribution in [0.1, 0.15) is 18.5 Å². The van der Waals surface area contributed by atoms with Gasteiger partial charge in [0.2, 0.25) is 5.89 Å². The first-order chi connectivity index (χ1) is 9.73. The monoisotopic (exact) mass is 271 g/mol. The first-order valence-corrected chi connectivity index (χ1v) is 6.57. The average molecular weight is 271 g/mol. The van der Waals surface area contributed by atoms with Gasteiger partial charge in [0.15, 0.2) is 0 Å². The molecule has 4 nitrogen and oxygen atoms in total. The summed E-state index contributed by atoms with van der Waals surface area (Å²) in [6.45, 7) is 1.60. The van der Waals surface area contributed by atoms with E-state index in [2.05, 4.69) is 16.4 Å². The summed E-state index contributed by atoms with van der Waals surface area (Å²) in [7, 11) is 0. The highest BCUT2D eigenvalue weighted by Gasteiger charge is 2.37. The molecular weight excluding hydrogens is 257 g/mol. The van der Waals surface area contributed by atoms with E-state index in [1.165, 1.54) is 12.1 Å². The molecule has 1 N–H and O–H groups in total. The largest absolute Gasteiger partial charge is 0.444 e. The minimum atomic E-state index is -0.576. The minimum Gasteiger partial charge on any atom is -0.444 e. The topological polar surface area (TPSA) is 61.9 Å². The number of nitriles is 1. The predicted octanol–water partition coefficient (Wildman–Crippen LogP) is 2.63. The van der Waals surface area contributed by atoms with Crippen molar-refractivity contribution in [3.63, 3.8) is 0 Å². The van der Waals surface area contributed by atoms with Gasteiger partial charge >= 0.3 is 0 Å². The summed E-state index contributed by atoms with van der Waals surface area (Å²) in [6, 6.07) is 8.35. The molecule has 5 heteroatoms. The predicted molar refractivity (Wildman–Crippen MR) is 71.3 cm³/mol. The van der Waals surface area contributed by atoms with Crippen molar-refractivity contribution >= 4 is 0 Å². The zero-order chi connectivity index (χ0) is 14.0. The number of nitrogens with zero attached hydrogens (tertiary/aromatic N) is 2. The molecule has 0 unspecified atom stereocenters. The Labute approximate surface area is 116 Å². The highest BCUT2D eigenvalue weighted by molar-refractivity contribution is 5.53. The molecule has 20 heavy (non-hydrogen) atoms. The molecule has 1 aliphatic heterocycles. The third kappa shape index (κ3) is 2.19. The van der Waals surface area contributed by atoms with Gasteiger partial charge in [-0.3, -0.25) is 0 Å². The Morgan fingerprint density at radius 2 is 1.95 bits per heavy atom. The second-order valence-corrected chi connectivity index (χ2v) is 4.99. The lowest BCUT2D eigenvalue weighted by molar-refractivity contribution is 0.374. The van der Waals surface area contributed by atoms with Crippen LogP contribution in [0.2, 0.25) is 0 Å². The summed E-state index contributed by atoms with van der Waals surface area (Å²) in [5.74, 6) is 0.125. The minimum absolute atomic E-state index is 0.299. The lowest BCUT2D eigenvalue weighted by Gasteiger charge is -2.28. The number of rotatable bonds is 2. The number of oxazole rings is 1. The maximum Gasteiger partial charge on any atom is 0.226 e. The van der Waals surface area contributed by atoms with E-state index in [1.807, 2.05) is 0 Å². The van der Waals surface area contributed by atoms with Crippen molar-refractivity contribution in [3.05, 3.63) is 42.0 Å². The van der Waals surface area contributed by atoms with Crippen LogP contribution in [0.15, 0.2) is 34.9 Å². The molecule has 1 aliphatic rings. The summed E-state index contributed by atoms with van der Waals surface area (Å²) in [4.78, 5) is 4.44. The SMILES string of the molecule is N#CC1(c2coc(-c3ccc(F)cc3)n2)CCNCC1. The molecule has 2 heterocycles. The molecule has 2 aromatic rings. The molecule has 0 saturated carbocycles. The molecule has 102 valence electrons. The van der Waals surface area contributed by atoms with Gasteiger partial charge in [0.05, 0.1) is 11.8 Å². The van der Waals surface area contributed by atoms with E-state index in [1.54, 1.807) is 18.4 Å². The summed E-state index contributed by atoms with van der Waals surface area (Å²) in [5, 5.41) is 12.7. The van der Waals surface area contributed by atoms with Crippen LogP contribution in [0.5, 0.6) is 0 Å². The molecule has 3 rings (SSSR count). The fourth-order valence-electron chi connectivity index (χ4n) is 2.50. The van der Waals surface area contributed by atoms with Gasteiger partial charge in [-0.2, -0.15) is 5.26 Å². The number of halogens is 1. The first-order valence-electron chi connectivity index (χ1n) is 6.57. The van der Waals surface area contributed by atoms with Crippen molar-refractivity contribution in [2.45, 2.75) is 18.3 Å². The van der Waals surface area contributed by atoms with Gasteiger partial charge in [-0.25, -0.2) is 9.37 Å². The highest BCUT2D eigenvalue weighted by atomic mass is 19.1. The zero-order valence-electron chi connectivity index (χ0n) is 10.9. The number of hydrogen-bond donors (Lipinski definition) is 1. The molecule has 1 saturated heterocycles. The Morgan fingerprint density at radius 3 is 2.60 bits per heavy atom. The summed E-state index contributed by atoms with van der Waals surface area (Å²) in [5.41, 5.74) is 0.799. The first kappa shape index (κ1) is 12.8. The number of piperidine rings is 1. The van der Waals surface area contributed by atoms with Crippen LogP contribution < -0.4 is 5.32 Å². The molecule has 0 amide bonds. The van der Waals surface area contributed by atoms with Crippen molar-refractivity contribution in [3.8, 4) is 17.5 Å². The fraction of sp³-hybridized carbons (Fsp3) is 0.333. The quantitative estimate of drug-likeness (QED) is 0.912. The lowest BCUT2D eigenvalue weighted by Crippen LogP contribution is -2.39. The van der Waals surface area contributed by atoms with Crippen LogP contribution in [-0.2, 0) is 5.41 Å². The molecular formula is C15H14FN3O. The lowest BCUT2D eigenvalue weighted by atomic mass is 9.78. The molecule has 1 aromatic carbocycles. The maximum absolute atomic E-state index is 12.9. The molecule has 1 aromatic heterocycles. The second kappa shape index (κ2) is 5.06. The number of benzene rings is 1. The van der Waals surface area contributed by atoms with E-state index in [9.17, 15) is 9.65 Å². The Bertz CT molecular complexity index is 636. The van der Waals surface area contributed by atoms with Gasteiger partial charge in [0.25, 0.3) is 0 Å². The van der Waals surface area contributed by atoms with Crippen molar-refractivity contribution in [1.29, 1.82) is 5.26 Å². The number of nitrogens with one attached hydrogen (secondary N) is 1. The van der Waals surface area contributed by atoms with Gasteiger partial charge < -0.3 is 9.73 Å². The Balaban J connectivity index is 1.93. The van der Waals surface area contributed by atoms with Crippen LogP contribution in [0.4, 0.5) is 4.39 Å². The standard InChI is InChI=1S/C15H14FN3O/c16-12-3-1-11(2-4-12)14-19-13(9-20-14)15(10-17)5-7-18-8-6-15/h1-4,9,18H,5-8H2. The summed E-state index contributed by atoms with van der Waals surface area (Å²) >= 11 is 0. The van der Waals surface area contributed by atoms with E-state index in [-0.39, 0.29) is 5.82 Å². The van der Waals surface area contributed by atoms with Gasteiger partial charge in [-0.1, -0.05) is 0 Å². The highest BCUT2D eigenvalue weighted by Crippen LogP contribution is 2.33. The van der Waals surface area contributed by atoms with E-state index in [0.29, 0.717) is 17.1 Å². The third-order valence-corrected chi connectivity index (χ3v) is 3.76. The second-order valence-electron chi connectivity index (χ2n) is 4.99. The van der Waals surface area contributed by atoms with E-state index >= 15 is 0 Å². The van der Waals surface area contributed by atoms with E-state index in [4.69, 9.17) is 4.42 Å². The van der Waals surface area contributed by atoms with Crippen molar-refractivity contribution in [1.82, 2.24) is 10.3 Å². The number of aromatic nitrogens is 1. The van der Waals surface area contributed by atoms with Crippen molar-refractivity contribution < 1.29 is 8.81 Å². The normalized spacial score (nSPS) is 17.6. The number of hydrogen-bond acceptors (Lipinski definition) is 4. The Kier molecular flexibility index (Phi) is 3.25. The van der Waals surface area contributed by atoms with Gasteiger partial charge in [-0.15, -0.1) is 0 Å². The van der Waals surface area contributed by atoms with Crippen LogP contribution in [0.25, 0.3) is 11.5 Å². The van der Waals surface area contributed by atoms with Gasteiger partial charge in [0.1, 0.15) is 17.5 Å². The van der Waals surface area contributed by atoms with Gasteiger partial charge in [0, 0.05) is 5.56 Å². The maximum atomic E-state index is 12.9. The molecule has 0 bridgehead atoms. The molecule has 0 radical (unpaired) electrons. The van der Waals surface area contributed by atoms with Crippen molar-refractivity contribution in [2.75, 3.05) is 13.1 Å². The molecule has 0 atom stereocenters. The molecule has 0 spiro atoms. The molecule has 0 aliphatic carbocycles. The summed E-state index contributed by atoms with van der Waals surface area (Å²) in [6.07, 6.45) is 2.99. The van der Waals surface area contributed by atoms with E-state index < -0.39 is 5.41 Å². The third-order valence-electron chi connectivity index (χ3n) is 3.76. The van der Waals surface area contributed by atoms with Crippen LogP contribution in [0.3, 0.4) is 0 Å². The Morgan fingerprint density at radius 1 is 1.25 bits per heavy atom. The summed E-state index contributed by atoms with van der Waals surface area (Å²) < 4.78 is 18.4. The van der Waals surface area contributed by atoms with E-state index in [0.717, 1.165) is 25.9 Å². The van der Waals surface area contributed by atoms with Crippen molar-refractivity contribution in [2.24, 2.45) is 0 Å². The molecule has 1 fully saturated rings. The van der Waals surface area contributed by atoms with Crippen LogP contribution >= 0.6 is 0 Å².